The predicted molar refractivity (Wildman–Crippen MR) is 94.6 cm³/mol. The Labute approximate surface area is 144 Å². The normalized spacial score (nSPS) is 12.5. The molecule has 0 amide bonds. The third kappa shape index (κ3) is 3.20. The fourth-order valence-corrected chi connectivity index (χ4v) is 2.89. The zero-order valence-electron chi connectivity index (χ0n) is 13.6. The molecular formula is C17H19ClFN5. The first-order valence-electron chi connectivity index (χ1n) is 7.71. The van der Waals surface area contributed by atoms with Crippen molar-refractivity contribution < 1.29 is 4.39 Å². The van der Waals surface area contributed by atoms with Crippen molar-refractivity contribution >= 4 is 28.5 Å². The van der Waals surface area contributed by atoms with Crippen molar-refractivity contribution in [3.8, 4) is 0 Å². The number of aromatic nitrogens is 3. The van der Waals surface area contributed by atoms with Crippen molar-refractivity contribution in [2.24, 2.45) is 12.8 Å². The van der Waals surface area contributed by atoms with Crippen LogP contribution in [-0.2, 0) is 20.0 Å². The Morgan fingerprint density at radius 1 is 1.29 bits per heavy atom. The van der Waals surface area contributed by atoms with Gasteiger partial charge < -0.3 is 15.6 Å². The molecule has 0 spiro atoms. The zero-order valence-corrected chi connectivity index (χ0v) is 14.3. The Morgan fingerprint density at radius 2 is 2.00 bits per heavy atom. The molecule has 0 unspecified atom stereocenters. The lowest BCUT2D eigenvalue weighted by Gasteiger charge is -2.07. The fraction of sp³-hybridized carbons (Fsp3) is 0.294. The molecular weight excluding hydrogens is 329 g/mol. The molecule has 3 N–H and O–H groups in total. The standard InChI is InChI=1S/C17H19ClFN5/c1-10(20)8-12-14(19)13-15(21-9-11-6-4-3-5-7-11)22-17(18)23-16(13)24(12)2/h3-7,10H,8-9,20H2,1-2H3,(H,21,22,23)/t10-/m0/s1. The molecule has 0 aliphatic rings. The molecule has 3 aromatic rings. The molecule has 0 saturated heterocycles. The Hall–Kier alpha value is -2.18. The van der Waals surface area contributed by atoms with Gasteiger partial charge in [-0.3, -0.25) is 0 Å². The molecule has 0 radical (unpaired) electrons. The van der Waals surface area contributed by atoms with Crippen molar-refractivity contribution in [3.05, 3.63) is 52.7 Å². The number of halogens is 2. The summed E-state index contributed by atoms with van der Waals surface area (Å²) in [7, 11) is 1.76. The summed E-state index contributed by atoms with van der Waals surface area (Å²) in [5.41, 5.74) is 7.85. The van der Waals surface area contributed by atoms with E-state index in [-0.39, 0.29) is 17.1 Å². The second-order valence-corrected chi connectivity index (χ2v) is 6.22. The Balaban J connectivity index is 2.04. The lowest BCUT2D eigenvalue weighted by Crippen LogP contribution is -2.20. The molecule has 0 saturated carbocycles. The highest BCUT2D eigenvalue weighted by molar-refractivity contribution is 6.28. The molecule has 126 valence electrons. The number of rotatable bonds is 5. The van der Waals surface area contributed by atoms with Gasteiger partial charge in [0.05, 0.1) is 11.1 Å². The number of hydrogen-bond donors (Lipinski definition) is 2. The van der Waals surface area contributed by atoms with Crippen LogP contribution >= 0.6 is 11.6 Å². The zero-order chi connectivity index (χ0) is 17.3. The van der Waals surface area contributed by atoms with Crippen LogP contribution in [0, 0.1) is 5.82 Å². The third-order valence-corrected chi connectivity index (χ3v) is 4.05. The smallest absolute Gasteiger partial charge is 0.226 e. The summed E-state index contributed by atoms with van der Waals surface area (Å²) in [6.07, 6.45) is 0.411. The molecule has 1 aromatic carbocycles. The van der Waals surface area contributed by atoms with Gasteiger partial charge in [-0.2, -0.15) is 9.97 Å². The van der Waals surface area contributed by atoms with Crippen molar-refractivity contribution in [2.75, 3.05) is 5.32 Å². The molecule has 5 nitrogen and oxygen atoms in total. The molecule has 0 bridgehead atoms. The van der Waals surface area contributed by atoms with Crippen LogP contribution in [0.25, 0.3) is 11.0 Å². The van der Waals surface area contributed by atoms with Gasteiger partial charge in [-0.25, -0.2) is 4.39 Å². The highest BCUT2D eigenvalue weighted by Crippen LogP contribution is 2.30. The Morgan fingerprint density at radius 3 is 2.67 bits per heavy atom. The van der Waals surface area contributed by atoms with Gasteiger partial charge in [0.25, 0.3) is 0 Å². The van der Waals surface area contributed by atoms with Crippen molar-refractivity contribution in [1.29, 1.82) is 0 Å². The number of fused-ring (bicyclic) bond motifs is 1. The van der Waals surface area contributed by atoms with Gasteiger partial charge in [0, 0.05) is 26.1 Å². The number of nitrogens with two attached hydrogens (primary N) is 1. The summed E-state index contributed by atoms with van der Waals surface area (Å²) in [6, 6.07) is 9.64. The minimum atomic E-state index is -0.350. The second kappa shape index (κ2) is 6.75. The Kier molecular flexibility index (Phi) is 4.69. The van der Waals surface area contributed by atoms with Crippen LogP contribution in [0.5, 0.6) is 0 Å². The monoisotopic (exact) mass is 347 g/mol. The van der Waals surface area contributed by atoms with E-state index < -0.39 is 0 Å². The molecule has 0 fully saturated rings. The van der Waals surface area contributed by atoms with Crippen LogP contribution < -0.4 is 11.1 Å². The molecule has 7 heteroatoms. The summed E-state index contributed by atoms with van der Waals surface area (Å²) in [5.74, 6) is 0.0369. The maximum atomic E-state index is 14.9. The van der Waals surface area contributed by atoms with Crippen molar-refractivity contribution in [1.82, 2.24) is 14.5 Å². The van der Waals surface area contributed by atoms with E-state index in [0.717, 1.165) is 5.56 Å². The highest BCUT2D eigenvalue weighted by atomic mass is 35.5. The Bertz CT molecular complexity index is 861. The van der Waals surface area contributed by atoms with Gasteiger partial charge >= 0.3 is 0 Å². The van der Waals surface area contributed by atoms with Crippen molar-refractivity contribution in [2.45, 2.75) is 25.9 Å². The van der Waals surface area contributed by atoms with E-state index in [2.05, 4.69) is 15.3 Å². The van der Waals surface area contributed by atoms with Crippen LogP contribution in [0.3, 0.4) is 0 Å². The topological polar surface area (TPSA) is 68.8 Å². The predicted octanol–water partition coefficient (Wildman–Crippen LogP) is 3.26. The van der Waals surface area contributed by atoms with E-state index in [1.54, 1.807) is 11.6 Å². The van der Waals surface area contributed by atoms with E-state index in [9.17, 15) is 4.39 Å². The largest absolute Gasteiger partial charge is 0.365 e. The average molecular weight is 348 g/mol. The van der Waals surface area contributed by atoms with Crippen molar-refractivity contribution in [3.63, 3.8) is 0 Å². The maximum Gasteiger partial charge on any atom is 0.226 e. The molecule has 2 aromatic heterocycles. The fourth-order valence-electron chi connectivity index (χ4n) is 2.73. The molecule has 0 aliphatic carbocycles. The molecule has 1 atom stereocenters. The second-order valence-electron chi connectivity index (χ2n) is 5.88. The van der Waals surface area contributed by atoms with Gasteiger partial charge in [-0.05, 0) is 24.1 Å². The van der Waals surface area contributed by atoms with Gasteiger partial charge in [0.1, 0.15) is 11.5 Å². The summed E-state index contributed by atoms with van der Waals surface area (Å²) in [6.45, 7) is 2.35. The van der Waals surface area contributed by atoms with Gasteiger partial charge in [-0.1, -0.05) is 30.3 Å². The summed E-state index contributed by atoms with van der Waals surface area (Å²) < 4.78 is 16.6. The van der Waals surface area contributed by atoms with E-state index in [4.69, 9.17) is 17.3 Å². The minimum absolute atomic E-state index is 0.0750. The molecule has 3 rings (SSSR count). The maximum absolute atomic E-state index is 14.9. The van der Waals surface area contributed by atoms with Crippen LogP contribution in [0.1, 0.15) is 18.2 Å². The summed E-state index contributed by atoms with van der Waals surface area (Å²) in [4.78, 5) is 8.35. The van der Waals surface area contributed by atoms with Crippen LogP contribution in [0.2, 0.25) is 5.28 Å². The number of nitrogens with zero attached hydrogens (tertiary/aromatic N) is 3. The third-order valence-electron chi connectivity index (χ3n) is 3.88. The number of aryl methyl sites for hydroxylation is 1. The molecule has 24 heavy (non-hydrogen) atoms. The SMILES string of the molecule is C[C@H](N)Cc1c(F)c2c(NCc3ccccc3)nc(Cl)nc2n1C. The quantitative estimate of drug-likeness (QED) is 0.695. The van der Waals surface area contributed by atoms with Gasteiger partial charge in [0.2, 0.25) is 5.28 Å². The van der Waals surface area contributed by atoms with E-state index in [1.165, 1.54) is 0 Å². The number of anilines is 1. The van der Waals surface area contributed by atoms with Crippen LogP contribution in [0.15, 0.2) is 30.3 Å². The number of nitrogens with one attached hydrogen (secondary N) is 1. The first-order valence-corrected chi connectivity index (χ1v) is 8.09. The van der Waals surface area contributed by atoms with Gasteiger partial charge in [-0.15, -0.1) is 0 Å². The number of benzene rings is 1. The van der Waals surface area contributed by atoms with E-state index in [0.29, 0.717) is 35.5 Å². The first-order chi connectivity index (χ1) is 11.5. The minimum Gasteiger partial charge on any atom is -0.365 e. The first kappa shape index (κ1) is 16.7. The summed E-state index contributed by atoms with van der Waals surface area (Å²) in [5, 5.41) is 3.58. The average Bonchev–Trinajstić information content (AvgIpc) is 2.78. The van der Waals surface area contributed by atoms with Crippen LogP contribution in [0.4, 0.5) is 10.2 Å². The molecule has 2 heterocycles. The lowest BCUT2D eigenvalue weighted by atomic mass is 10.2. The van der Waals surface area contributed by atoms with Crippen LogP contribution in [-0.4, -0.2) is 20.6 Å². The lowest BCUT2D eigenvalue weighted by molar-refractivity contribution is 0.586. The highest BCUT2D eigenvalue weighted by Gasteiger charge is 2.21. The summed E-state index contributed by atoms with van der Waals surface area (Å²) >= 11 is 6.02. The number of hydrogen-bond acceptors (Lipinski definition) is 4. The van der Waals surface area contributed by atoms with Gasteiger partial charge in [0.15, 0.2) is 5.82 Å². The molecule has 0 aliphatic heterocycles. The van der Waals surface area contributed by atoms with E-state index in [1.807, 2.05) is 37.3 Å². The van der Waals surface area contributed by atoms with E-state index >= 15 is 0 Å².